The fourth-order valence-corrected chi connectivity index (χ4v) is 3.31. The second-order valence-electron chi connectivity index (χ2n) is 6.09. The summed E-state index contributed by atoms with van der Waals surface area (Å²) in [5, 5.41) is 13.7. The molecule has 0 saturated heterocycles. The fraction of sp³-hybridized carbons (Fsp3) is 1.00. The first kappa shape index (κ1) is 12.4. The molecule has 2 fully saturated rings. The summed E-state index contributed by atoms with van der Waals surface area (Å²) in [7, 11) is 0. The summed E-state index contributed by atoms with van der Waals surface area (Å²) in [6.07, 6.45) is 8.51. The van der Waals surface area contributed by atoms with Gasteiger partial charge in [-0.3, -0.25) is 0 Å². The van der Waals surface area contributed by atoms with Crippen LogP contribution in [-0.4, -0.2) is 23.3 Å². The van der Waals surface area contributed by atoms with Crippen LogP contribution in [0.2, 0.25) is 0 Å². The summed E-state index contributed by atoms with van der Waals surface area (Å²) in [4.78, 5) is 0. The molecule has 0 amide bonds. The Hall–Kier alpha value is -0.0800. The van der Waals surface area contributed by atoms with Crippen LogP contribution in [0, 0.1) is 11.8 Å². The zero-order chi connectivity index (χ0) is 11.5. The van der Waals surface area contributed by atoms with Gasteiger partial charge in [-0.2, -0.15) is 0 Å². The zero-order valence-electron chi connectivity index (χ0n) is 10.8. The molecule has 2 nitrogen and oxygen atoms in total. The van der Waals surface area contributed by atoms with Crippen LogP contribution in [0.15, 0.2) is 0 Å². The van der Waals surface area contributed by atoms with E-state index >= 15 is 0 Å². The summed E-state index contributed by atoms with van der Waals surface area (Å²) < 4.78 is 0. The summed E-state index contributed by atoms with van der Waals surface area (Å²) in [5.41, 5.74) is 0. The van der Waals surface area contributed by atoms with Gasteiger partial charge in [0, 0.05) is 12.1 Å². The maximum atomic E-state index is 9.95. The van der Waals surface area contributed by atoms with Gasteiger partial charge < -0.3 is 10.4 Å². The number of nitrogens with one attached hydrogen (secondary N) is 1. The average molecular weight is 225 g/mol. The maximum absolute atomic E-state index is 9.95. The standard InChI is InChI=1S/C14H27NO/c1-10-7-8-12(9-11(10)2)15-13-5-3-4-6-14(13)16/h10-16H,3-9H2,1-2H3/t10?,11?,12?,13-,14-/m1/s1. The SMILES string of the molecule is CC1CCC(N[C@@H]2CCCC[C@H]2O)CC1C. The van der Waals surface area contributed by atoms with Crippen molar-refractivity contribution in [2.45, 2.75) is 77.0 Å². The van der Waals surface area contributed by atoms with E-state index in [1.54, 1.807) is 0 Å². The molecule has 2 aliphatic rings. The molecule has 0 aromatic carbocycles. The van der Waals surface area contributed by atoms with E-state index in [0.717, 1.165) is 18.3 Å². The van der Waals surface area contributed by atoms with E-state index < -0.39 is 0 Å². The van der Waals surface area contributed by atoms with Gasteiger partial charge in [-0.15, -0.1) is 0 Å². The highest BCUT2D eigenvalue weighted by molar-refractivity contribution is 4.87. The van der Waals surface area contributed by atoms with Crippen molar-refractivity contribution in [2.75, 3.05) is 0 Å². The van der Waals surface area contributed by atoms with Crippen molar-refractivity contribution < 1.29 is 5.11 Å². The maximum Gasteiger partial charge on any atom is 0.0693 e. The van der Waals surface area contributed by atoms with Crippen LogP contribution < -0.4 is 5.32 Å². The predicted octanol–water partition coefficient (Wildman–Crippen LogP) is 2.70. The van der Waals surface area contributed by atoms with Crippen molar-refractivity contribution in [1.29, 1.82) is 0 Å². The Labute approximate surface area is 99.8 Å². The number of aliphatic hydroxyl groups is 1. The van der Waals surface area contributed by atoms with Crippen molar-refractivity contribution in [2.24, 2.45) is 11.8 Å². The van der Waals surface area contributed by atoms with Gasteiger partial charge in [-0.1, -0.05) is 26.7 Å². The van der Waals surface area contributed by atoms with E-state index in [2.05, 4.69) is 19.2 Å². The minimum atomic E-state index is -0.0941. The minimum absolute atomic E-state index is 0.0941. The van der Waals surface area contributed by atoms with Crippen LogP contribution in [-0.2, 0) is 0 Å². The minimum Gasteiger partial charge on any atom is -0.392 e. The van der Waals surface area contributed by atoms with Crippen LogP contribution in [0.5, 0.6) is 0 Å². The molecule has 94 valence electrons. The molecule has 0 aromatic heterocycles. The van der Waals surface area contributed by atoms with Crippen molar-refractivity contribution in [3.63, 3.8) is 0 Å². The fourth-order valence-electron chi connectivity index (χ4n) is 3.31. The number of hydrogen-bond donors (Lipinski definition) is 2. The second-order valence-corrected chi connectivity index (χ2v) is 6.09. The lowest BCUT2D eigenvalue weighted by molar-refractivity contribution is 0.0761. The summed E-state index contributed by atoms with van der Waals surface area (Å²) in [5.74, 6) is 1.72. The Morgan fingerprint density at radius 2 is 1.69 bits per heavy atom. The quantitative estimate of drug-likeness (QED) is 0.757. The molecule has 0 spiro atoms. The third kappa shape index (κ3) is 2.98. The number of aliphatic hydroxyl groups excluding tert-OH is 1. The van der Waals surface area contributed by atoms with Gasteiger partial charge in [0.25, 0.3) is 0 Å². The van der Waals surface area contributed by atoms with Gasteiger partial charge in [0.2, 0.25) is 0 Å². The molecule has 0 bridgehead atoms. The Balaban J connectivity index is 1.80. The first-order valence-electron chi connectivity index (χ1n) is 7.11. The first-order chi connectivity index (χ1) is 7.66. The van der Waals surface area contributed by atoms with E-state index in [4.69, 9.17) is 0 Å². The Kier molecular flexibility index (Phi) is 4.26. The highest BCUT2D eigenvalue weighted by Crippen LogP contribution is 2.30. The van der Waals surface area contributed by atoms with Crippen LogP contribution in [0.3, 0.4) is 0 Å². The van der Waals surface area contributed by atoms with E-state index in [1.807, 2.05) is 0 Å². The summed E-state index contributed by atoms with van der Waals surface area (Å²) >= 11 is 0. The van der Waals surface area contributed by atoms with E-state index in [1.165, 1.54) is 38.5 Å². The van der Waals surface area contributed by atoms with Gasteiger partial charge in [0.1, 0.15) is 0 Å². The molecule has 2 N–H and O–H groups in total. The molecule has 3 unspecified atom stereocenters. The Morgan fingerprint density at radius 1 is 0.938 bits per heavy atom. The largest absolute Gasteiger partial charge is 0.392 e. The van der Waals surface area contributed by atoms with Gasteiger partial charge in [0.15, 0.2) is 0 Å². The molecular weight excluding hydrogens is 198 g/mol. The van der Waals surface area contributed by atoms with E-state index in [9.17, 15) is 5.11 Å². The van der Waals surface area contributed by atoms with Gasteiger partial charge in [-0.05, 0) is 43.9 Å². The molecule has 0 radical (unpaired) electrons. The third-order valence-corrected chi connectivity index (χ3v) is 4.78. The molecule has 16 heavy (non-hydrogen) atoms. The zero-order valence-corrected chi connectivity index (χ0v) is 10.8. The van der Waals surface area contributed by atoms with Crippen LogP contribution in [0.25, 0.3) is 0 Å². The summed E-state index contributed by atoms with van der Waals surface area (Å²) in [6, 6.07) is 1.03. The average Bonchev–Trinajstić information content (AvgIpc) is 2.27. The summed E-state index contributed by atoms with van der Waals surface area (Å²) in [6.45, 7) is 4.74. The second kappa shape index (κ2) is 5.50. The monoisotopic (exact) mass is 225 g/mol. The van der Waals surface area contributed by atoms with Gasteiger partial charge >= 0.3 is 0 Å². The topological polar surface area (TPSA) is 32.3 Å². The molecule has 2 rings (SSSR count). The lowest BCUT2D eigenvalue weighted by atomic mass is 9.78. The highest BCUT2D eigenvalue weighted by atomic mass is 16.3. The Morgan fingerprint density at radius 3 is 2.38 bits per heavy atom. The van der Waals surface area contributed by atoms with Gasteiger partial charge in [0.05, 0.1) is 6.10 Å². The molecule has 2 saturated carbocycles. The van der Waals surface area contributed by atoms with Gasteiger partial charge in [-0.25, -0.2) is 0 Å². The molecule has 5 atom stereocenters. The van der Waals surface area contributed by atoms with E-state index in [-0.39, 0.29) is 6.10 Å². The lowest BCUT2D eigenvalue weighted by Gasteiger charge is -2.37. The lowest BCUT2D eigenvalue weighted by Crippen LogP contribution is -2.48. The van der Waals surface area contributed by atoms with Crippen LogP contribution in [0.1, 0.15) is 58.8 Å². The highest BCUT2D eigenvalue weighted by Gasteiger charge is 2.29. The third-order valence-electron chi connectivity index (χ3n) is 4.78. The van der Waals surface area contributed by atoms with Crippen molar-refractivity contribution >= 4 is 0 Å². The van der Waals surface area contributed by atoms with Crippen molar-refractivity contribution in [3.8, 4) is 0 Å². The van der Waals surface area contributed by atoms with E-state index in [0.29, 0.717) is 12.1 Å². The normalized spacial score (nSPS) is 45.6. The van der Waals surface area contributed by atoms with Crippen LogP contribution in [0.4, 0.5) is 0 Å². The van der Waals surface area contributed by atoms with Crippen LogP contribution >= 0.6 is 0 Å². The molecule has 2 aliphatic carbocycles. The number of rotatable bonds is 2. The van der Waals surface area contributed by atoms with Crippen molar-refractivity contribution in [3.05, 3.63) is 0 Å². The molecule has 0 aromatic rings. The predicted molar refractivity (Wildman–Crippen MR) is 67.4 cm³/mol. The molecule has 0 aliphatic heterocycles. The molecular formula is C14H27NO. The first-order valence-corrected chi connectivity index (χ1v) is 7.11. The smallest absolute Gasteiger partial charge is 0.0693 e. The molecule has 2 heteroatoms. The van der Waals surface area contributed by atoms with Crippen molar-refractivity contribution in [1.82, 2.24) is 5.32 Å². The Bertz CT molecular complexity index is 219. The molecule has 0 heterocycles. The number of hydrogen-bond acceptors (Lipinski definition) is 2.